The van der Waals surface area contributed by atoms with Gasteiger partial charge >= 0.3 is 0 Å². The van der Waals surface area contributed by atoms with Crippen molar-refractivity contribution in [1.82, 2.24) is 4.72 Å². The Hall–Kier alpha value is -0.690. The van der Waals surface area contributed by atoms with Crippen LogP contribution in [0, 0.1) is 5.82 Å². The second-order valence-corrected chi connectivity index (χ2v) is 5.37. The summed E-state index contributed by atoms with van der Waals surface area (Å²) < 4.78 is 38.5. The predicted octanol–water partition coefficient (Wildman–Crippen LogP) is 1.14. The molecule has 2 N–H and O–H groups in total. The van der Waals surface area contributed by atoms with Crippen LogP contribution in [0.25, 0.3) is 0 Å². The Bertz CT molecular complexity index is 478. The number of hydrogen-bond donors (Lipinski definition) is 2. The molecule has 0 aromatic heterocycles. The number of rotatable bonds is 4. The normalized spacial score (nSPS) is 13.8. The second-order valence-electron chi connectivity index (χ2n) is 3.28. The fourth-order valence-corrected chi connectivity index (χ4v) is 2.79. The van der Waals surface area contributed by atoms with Crippen molar-refractivity contribution in [2.24, 2.45) is 0 Å². The summed E-state index contributed by atoms with van der Waals surface area (Å²) in [6, 6.07) is 2.39. The van der Waals surface area contributed by atoms with Gasteiger partial charge in [0.1, 0.15) is 10.7 Å². The fraction of sp³-hybridized carbons (Fsp3) is 0.333. The molecule has 1 rings (SSSR count). The molecule has 1 unspecified atom stereocenters. The van der Waals surface area contributed by atoms with Crippen molar-refractivity contribution in [2.75, 3.05) is 6.61 Å². The Morgan fingerprint density at radius 2 is 2.19 bits per heavy atom. The number of aliphatic hydroxyl groups excluding tert-OH is 1. The summed E-state index contributed by atoms with van der Waals surface area (Å²) in [5, 5.41) is 8.66. The van der Waals surface area contributed by atoms with Crippen molar-refractivity contribution in [3.63, 3.8) is 0 Å². The largest absolute Gasteiger partial charge is 0.395 e. The smallest absolute Gasteiger partial charge is 0.242 e. The van der Waals surface area contributed by atoms with E-state index in [4.69, 9.17) is 16.7 Å². The molecule has 0 spiro atoms. The number of halogens is 2. The van der Waals surface area contributed by atoms with Crippen molar-refractivity contribution in [3.8, 4) is 0 Å². The van der Waals surface area contributed by atoms with Gasteiger partial charge in [-0.15, -0.1) is 0 Å². The third kappa shape index (κ3) is 3.15. The second kappa shape index (κ2) is 5.09. The van der Waals surface area contributed by atoms with Crippen LogP contribution in [0.1, 0.15) is 6.92 Å². The lowest BCUT2D eigenvalue weighted by atomic mass is 10.3. The van der Waals surface area contributed by atoms with E-state index in [1.807, 2.05) is 0 Å². The fourth-order valence-electron chi connectivity index (χ4n) is 1.05. The van der Waals surface area contributed by atoms with Gasteiger partial charge in [0.25, 0.3) is 0 Å². The summed E-state index contributed by atoms with van der Waals surface area (Å²) in [5.41, 5.74) is 0. The molecule has 0 saturated heterocycles. The summed E-state index contributed by atoms with van der Waals surface area (Å²) in [7, 11) is -3.91. The minimum Gasteiger partial charge on any atom is -0.395 e. The Morgan fingerprint density at radius 1 is 1.56 bits per heavy atom. The molecule has 16 heavy (non-hydrogen) atoms. The van der Waals surface area contributed by atoms with E-state index < -0.39 is 21.9 Å². The maximum Gasteiger partial charge on any atom is 0.242 e. The van der Waals surface area contributed by atoms with Crippen molar-refractivity contribution in [2.45, 2.75) is 17.9 Å². The highest BCUT2D eigenvalue weighted by atomic mass is 35.5. The summed E-state index contributed by atoms with van der Waals surface area (Å²) in [4.78, 5) is -0.338. The first-order chi connectivity index (χ1) is 7.36. The first-order valence-electron chi connectivity index (χ1n) is 4.45. The van der Waals surface area contributed by atoms with Crippen LogP contribution in [-0.4, -0.2) is 26.2 Å². The zero-order valence-corrected chi connectivity index (χ0v) is 10.0. The molecule has 0 aliphatic carbocycles. The monoisotopic (exact) mass is 267 g/mol. The van der Waals surface area contributed by atoms with Gasteiger partial charge in [0.15, 0.2) is 0 Å². The molecule has 1 aromatic carbocycles. The summed E-state index contributed by atoms with van der Waals surface area (Å²) in [6.07, 6.45) is 0. The van der Waals surface area contributed by atoms with E-state index in [-0.39, 0.29) is 16.5 Å². The topological polar surface area (TPSA) is 66.4 Å². The molecule has 0 radical (unpaired) electrons. The van der Waals surface area contributed by atoms with Crippen molar-refractivity contribution >= 4 is 21.6 Å². The van der Waals surface area contributed by atoms with Gasteiger partial charge in [0.05, 0.1) is 11.6 Å². The molecule has 0 heterocycles. The minimum absolute atomic E-state index is 0.0703. The average Bonchev–Trinajstić information content (AvgIpc) is 2.20. The lowest BCUT2D eigenvalue weighted by Gasteiger charge is -2.12. The highest BCUT2D eigenvalue weighted by molar-refractivity contribution is 7.89. The molecule has 0 amide bonds. The molecule has 0 bridgehead atoms. The van der Waals surface area contributed by atoms with Gasteiger partial charge in [-0.05, 0) is 25.1 Å². The number of benzene rings is 1. The van der Waals surface area contributed by atoms with Gasteiger partial charge in [-0.2, -0.15) is 0 Å². The van der Waals surface area contributed by atoms with Crippen LogP contribution in [0.2, 0.25) is 5.02 Å². The van der Waals surface area contributed by atoms with Crippen LogP contribution >= 0.6 is 11.6 Å². The Balaban J connectivity index is 3.12. The van der Waals surface area contributed by atoms with Gasteiger partial charge in [-0.3, -0.25) is 0 Å². The van der Waals surface area contributed by atoms with E-state index in [1.54, 1.807) is 0 Å². The lowest BCUT2D eigenvalue weighted by molar-refractivity contribution is 0.265. The van der Waals surface area contributed by atoms with Crippen LogP contribution in [0.3, 0.4) is 0 Å². The quantitative estimate of drug-likeness (QED) is 0.860. The maximum absolute atomic E-state index is 12.9. The van der Waals surface area contributed by atoms with Crippen LogP contribution in [-0.2, 0) is 10.0 Å². The number of hydrogen-bond acceptors (Lipinski definition) is 3. The van der Waals surface area contributed by atoms with E-state index in [0.717, 1.165) is 18.2 Å². The Morgan fingerprint density at radius 3 is 2.75 bits per heavy atom. The molecule has 0 aliphatic heterocycles. The first kappa shape index (κ1) is 13.4. The van der Waals surface area contributed by atoms with E-state index in [0.29, 0.717) is 0 Å². The van der Waals surface area contributed by atoms with Crippen molar-refractivity contribution in [3.05, 3.63) is 29.0 Å². The molecule has 7 heteroatoms. The third-order valence-corrected chi connectivity index (χ3v) is 3.88. The highest BCUT2D eigenvalue weighted by Crippen LogP contribution is 2.22. The zero-order valence-electron chi connectivity index (χ0n) is 8.44. The SMILES string of the molecule is CC(CO)NS(=O)(=O)c1cc(F)ccc1Cl. The predicted molar refractivity (Wildman–Crippen MR) is 58.3 cm³/mol. The first-order valence-corrected chi connectivity index (χ1v) is 6.31. The number of sulfonamides is 1. The molecule has 90 valence electrons. The summed E-state index contributed by atoms with van der Waals surface area (Å²) in [6.45, 7) is 1.12. The number of nitrogens with one attached hydrogen (secondary N) is 1. The molecule has 4 nitrogen and oxygen atoms in total. The van der Waals surface area contributed by atoms with Gasteiger partial charge in [-0.1, -0.05) is 11.6 Å². The standard InChI is InChI=1S/C9H11ClFNO3S/c1-6(5-13)12-16(14,15)9-4-7(11)2-3-8(9)10/h2-4,6,12-13H,5H2,1H3. The summed E-state index contributed by atoms with van der Waals surface area (Å²) >= 11 is 5.66. The van der Waals surface area contributed by atoms with Crippen molar-refractivity contribution < 1.29 is 17.9 Å². The minimum atomic E-state index is -3.91. The lowest BCUT2D eigenvalue weighted by Crippen LogP contribution is -2.35. The van der Waals surface area contributed by atoms with Gasteiger partial charge in [-0.25, -0.2) is 17.5 Å². The molecule has 0 fully saturated rings. The summed E-state index contributed by atoms with van der Waals surface area (Å²) in [5.74, 6) is -0.693. The van der Waals surface area contributed by atoms with E-state index in [9.17, 15) is 12.8 Å². The molecule has 1 atom stereocenters. The molecule has 0 aliphatic rings. The van der Waals surface area contributed by atoms with E-state index in [1.165, 1.54) is 6.92 Å². The van der Waals surface area contributed by atoms with Crippen LogP contribution in [0.15, 0.2) is 23.1 Å². The van der Waals surface area contributed by atoms with Crippen LogP contribution in [0.4, 0.5) is 4.39 Å². The molecular formula is C9H11ClFNO3S. The van der Waals surface area contributed by atoms with Gasteiger partial charge < -0.3 is 5.11 Å². The molecule has 1 aromatic rings. The van der Waals surface area contributed by atoms with Crippen molar-refractivity contribution in [1.29, 1.82) is 0 Å². The average molecular weight is 268 g/mol. The van der Waals surface area contributed by atoms with E-state index in [2.05, 4.69) is 4.72 Å². The van der Waals surface area contributed by atoms with Crippen LogP contribution < -0.4 is 4.72 Å². The van der Waals surface area contributed by atoms with Gasteiger partial charge in [0, 0.05) is 6.04 Å². The molecule has 0 saturated carbocycles. The molecular weight excluding hydrogens is 257 g/mol. The van der Waals surface area contributed by atoms with Gasteiger partial charge in [0.2, 0.25) is 10.0 Å². The highest BCUT2D eigenvalue weighted by Gasteiger charge is 2.20. The third-order valence-electron chi connectivity index (χ3n) is 1.81. The maximum atomic E-state index is 12.9. The number of aliphatic hydroxyl groups is 1. The van der Waals surface area contributed by atoms with E-state index >= 15 is 0 Å². The Kier molecular flexibility index (Phi) is 4.26. The Labute approximate surface area is 98.1 Å². The van der Waals surface area contributed by atoms with Crippen LogP contribution in [0.5, 0.6) is 0 Å². The zero-order chi connectivity index (χ0) is 12.3.